The number of amides is 1. The van der Waals surface area contributed by atoms with Crippen molar-refractivity contribution in [2.75, 3.05) is 13.7 Å². The number of thiazole rings is 1. The van der Waals surface area contributed by atoms with Crippen molar-refractivity contribution in [2.24, 2.45) is 0 Å². The molecule has 0 saturated heterocycles. The molecule has 2 aromatic heterocycles. The van der Waals surface area contributed by atoms with E-state index >= 15 is 0 Å². The van der Waals surface area contributed by atoms with Gasteiger partial charge < -0.3 is 15.4 Å². The summed E-state index contributed by atoms with van der Waals surface area (Å²) in [6, 6.07) is 14.3. The average Bonchev–Trinajstić information content (AvgIpc) is 3.51. The first-order chi connectivity index (χ1) is 16.9. The number of ether oxygens (including phenoxy) is 1. The number of pyridine rings is 1. The van der Waals surface area contributed by atoms with Gasteiger partial charge in [0.15, 0.2) is 0 Å². The summed E-state index contributed by atoms with van der Waals surface area (Å²) >= 11 is 1.67. The van der Waals surface area contributed by atoms with Gasteiger partial charge >= 0.3 is 0 Å². The summed E-state index contributed by atoms with van der Waals surface area (Å²) in [6.07, 6.45) is 5.51. The highest BCUT2D eigenvalue weighted by Gasteiger charge is 2.47. The molecule has 2 heterocycles. The molecule has 0 radical (unpaired) electrons. The smallest absolute Gasteiger partial charge is 0.252 e. The minimum atomic E-state index is -0.405. The number of hydrogen-bond acceptors (Lipinski definition) is 6. The average molecular weight is 487 g/mol. The van der Waals surface area contributed by atoms with Crippen molar-refractivity contribution >= 4 is 28.1 Å². The molecule has 0 aliphatic heterocycles. The summed E-state index contributed by atoms with van der Waals surface area (Å²) in [6.45, 7) is 6.56. The van der Waals surface area contributed by atoms with Gasteiger partial charge in [0.05, 0.1) is 20.9 Å². The Morgan fingerprint density at radius 1 is 1.17 bits per heavy atom. The van der Waals surface area contributed by atoms with Crippen LogP contribution in [0.15, 0.2) is 54.9 Å². The van der Waals surface area contributed by atoms with Crippen molar-refractivity contribution in [3.63, 3.8) is 0 Å². The number of rotatable bonds is 8. The van der Waals surface area contributed by atoms with Crippen LogP contribution >= 0.6 is 11.3 Å². The first-order valence-corrected chi connectivity index (χ1v) is 12.8. The van der Waals surface area contributed by atoms with E-state index in [1.165, 1.54) is 0 Å². The normalized spacial score (nSPS) is 15.1. The maximum Gasteiger partial charge on any atom is 0.252 e. The molecule has 0 spiro atoms. The number of likely N-dealkylation sites (N-methyl/N-ethyl adjacent to an activating group) is 1. The number of benzene rings is 2. The minimum absolute atomic E-state index is 0.0804. The number of nitrogens with zero attached hydrogens (tertiary/aromatic N) is 2. The third-order valence-corrected chi connectivity index (χ3v) is 7.65. The van der Waals surface area contributed by atoms with Gasteiger partial charge in [0, 0.05) is 29.4 Å². The summed E-state index contributed by atoms with van der Waals surface area (Å²) in [5.74, 6) is 0.619. The van der Waals surface area contributed by atoms with Gasteiger partial charge in [0.1, 0.15) is 12.4 Å². The number of nitrogens with one attached hydrogen (secondary N) is 2. The maximum atomic E-state index is 13.5. The number of fused-ring (bicyclic) bond motifs is 1. The zero-order valence-electron chi connectivity index (χ0n) is 20.5. The molecule has 180 valence electrons. The minimum Gasteiger partial charge on any atom is -0.492 e. The van der Waals surface area contributed by atoms with Crippen LogP contribution in [0.4, 0.5) is 0 Å². The van der Waals surface area contributed by atoms with Crippen LogP contribution in [0.5, 0.6) is 5.75 Å². The second-order valence-electron chi connectivity index (χ2n) is 9.35. The molecule has 2 N–H and O–H groups in total. The lowest BCUT2D eigenvalue weighted by atomic mass is 9.95. The molecule has 1 aliphatic carbocycles. The highest BCUT2D eigenvalue weighted by atomic mass is 32.1. The number of hydrogen-bond donors (Lipinski definition) is 2. The fourth-order valence-corrected chi connectivity index (χ4v) is 5.09. The quantitative estimate of drug-likeness (QED) is 0.350. The van der Waals surface area contributed by atoms with Crippen LogP contribution in [0, 0.1) is 13.8 Å². The second-order valence-corrected chi connectivity index (χ2v) is 10.6. The Bertz CT molecular complexity index is 1390. The van der Waals surface area contributed by atoms with Crippen molar-refractivity contribution in [3.05, 3.63) is 76.6 Å². The van der Waals surface area contributed by atoms with E-state index in [2.05, 4.69) is 45.7 Å². The van der Waals surface area contributed by atoms with Crippen molar-refractivity contribution in [1.82, 2.24) is 20.6 Å². The molecule has 4 aromatic rings. The predicted octanol–water partition coefficient (Wildman–Crippen LogP) is 5.38. The fraction of sp³-hybridized carbons (Fsp3) is 0.321. The molecule has 2 aromatic carbocycles. The summed E-state index contributed by atoms with van der Waals surface area (Å²) in [4.78, 5) is 23.7. The Hall–Kier alpha value is -3.29. The molecular formula is C28H30N4O2S. The van der Waals surface area contributed by atoms with E-state index < -0.39 is 5.54 Å². The van der Waals surface area contributed by atoms with Gasteiger partial charge in [0.25, 0.3) is 5.91 Å². The Balaban J connectivity index is 1.47. The van der Waals surface area contributed by atoms with Gasteiger partial charge in [-0.15, -0.1) is 11.3 Å². The van der Waals surface area contributed by atoms with E-state index in [-0.39, 0.29) is 11.9 Å². The van der Waals surface area contributed by atoms with Crippen LogP contribution in [-0.4, -0.2) is 35.6 Å². The van der Waals surface area contributed by atoms with Crippen molar-refractivity contribution in [3.8, 4) is 16.2 Å². The van der Waals surface area contributed by atoms with Gasteiger partial charge in [-0.25, -0.2) is 4.98 Å². The molecule has 35 heavy (non-hydrogen) atoms. The third-order valence-electron chi connectivity index (χ3n) is 6.69. The molecule has 0 unspecified atom stereocenters. The number of carbonyl (C=O) groups excluding carboxylic acids is 1. The number of aromatic nitrogens is 2. The molecule has 0 bridgehead atoms. The molecule has 7 heteroatoms. The molecule has 1 aliphatic rings. The summed E-state index contributed by atoms with van der Waals surface area (Å²) in [5, 5.41) is 8.64. The Morgan fingerprint density at radius 3 is 2.71 bits per heavy atom. The summed E-state index contributed by atoms with van der Waals surface area (Å²) in [7, 11) is 1.90. The van der Waals surface area contributed by atoms with E-state index in [0.29, 0.717) is 17.9 Å². The SMILES string of the molecule is CN[C@@H](C)COc1ccc(C)c(C(=O)NC2(c3cc(-c4cnc(C)s4)cc4ncccc34)CC2)c1. The second kappa shape index (κ2) is 9.40. The monoisotopic (exact) mass is 486 g/mol. The Morgan fingerprint density at radius 2 is 2.00 bits per heavy atom. The van der Waals surface area contributed by atoms with Crippen molar-refractivity contribution < 1.29 is 9.53 Å². The zero-order chi connectivity index (χ0) is 24.6. The fourth-order valence-electron chi connectivity index (χ4n) is 4.33. The highest BCUT2D eigenvalue weighted by molar-refractivity contribution is 7.15. The van der Waals surface area contributed by atoms with Gasteiger partial charge in [-0.1, -0.05) is 12.1 Å². The Kier molecular flexibility index (Phi) is 6.30. The molecule has 1 atom stereocenters. The van der Waals surface area contributed by atoms with Crippen LogP contribution in [-0.2, 0) is 5.54 Å². The highest BCUT2D eigenvalue weighted by Crippen LogP contribution is 2.49. The van der Waals surface area contributed by atoms with Crippen LogP contribution in [0.2, 0.25) is 0 Å². The van der Waals surface area contributed by atoms with Crippen LogP contribution in [0.3, 0.4) is 0 Å². The van der Waals surface area contributed by atoms with Gasteiger partial charge in [-0.3, -0.25) is 9.78 Å². The van der Waals surface area contributed by atoms with Gasteiger partial charge in [-0.2, -0.15) is 0 Å². The van der Waals surface area contributed by atoms with Gasteiger partial charge in [0.2, 0.25) is 0 Å². The largest absolute Gasteiger partial charge is 0.492 e. The van der Waals surface area contributed by atoms with E-state index in [9.17, 15) is 4.79 Å². The molecule has 5 rings (SSSR count). The van der Waals surface area contributed by atoms with E-state index in [1.54, 1.807) is 11.3 Å². The Labute approximate surface area is 209 Å². The van der Waals surface area contributed by atoms with Crippen LogP contribution in [0.25, 0.3) is 21.3 Å². The summed E-state index contributed by atoms with van der Waals surface area (Å²) in [5.41, 5.74) is 4.29. The van der Waals surface area contributed by atoms with Crippen molar-refractivity contribution in [2.45, 2.75) is 45.2 Å². The molecular weight excluding hydrogens is 456 g/mol. The van der Waals surface area contributed by atoms with E-state index in [1.807, 2.05) is 57.6 Å². The lowest BCUT2D eigenvalue weighted by Gasteiger charge is -2.22. The van der Waals surface area contributed by atoms with Crippen molar-refractivity contribution in [1.29, 1.82) is 0 Å². The first kappa shape index (κ1) is 23.5. The van der Waals surface area contributed by atoms with E-state index in [0.717, 1.165) is 50.3 Å². The first-order valence-electron chi connectivity index (χ1n) is 11.9. The molecule has 1 amide bonds. The van der Waals surface area contributed by atoms with Crippen LogP contribution < -0.4 is 15.4 Å². The lowest BCUT2D eigenvalue weighted by Crippen LogP contribution is -2.35. The zero-order valence-corrected chi connectivity index (χ0v) is 21.3. The number of carbonyl (C=O) groups is 1. The third kappa shape index (κ3) is 4.79. The standard InChI is InChI=1S/C28H30N4O2S/c1-17-7-8-21(34-16-18(2)29-4)14-23(17)27(33)32-28(9-10-28)24-12-20(26-15-31-19(3)35-26)13-25-22(24)6-5-11-30-25/h5-8,11-15,18,29H,9-10,16H2,1-4H3,(H,32,33)/t18-/m0/s1. The predicted molar refractivity (Wildman–Crippen MR) is 141 cm³/mol. The topological polar surface area (TPSA) is 76.1 Å². The van der Waals surface area contributed by atoms with Gasteiger partial charge in [-0.05, 0) is 87.7 Å². The molecule has 1 fully saturated rings. The number of aryl methyl sites for hydroxylation is 2. The lowest BCUT2D eigenvalue weighted by molar-refractivity contribution is 0.0930. The summed E-state index contributed by atoms with van der Waals surface area (Å²) < 4.78 is 5.90. The van der Waals surface area contributed by atoms with E-state index in [4.69, 9.17) is 4.74 Å². The maximum absolute atomic E-state index is 13.5. The molecule has 1 saturated carbocycles. The van der Waals surface area contributed by atoms with Crippen LogP contribution in [0.1, 0.15) is 46.3 Å². The molecule has 6 nitrogen and oxygen atoms in total.